The van der Waals surface area contributed by atoms with Crippen LogP contribution in [0.25, 0.3) is 0 Å². The van der Waals surface area contributed by atoms with Crippen LogP contribution in [0.5, 0.6) is 0 Å². The lowest BCUT2D eigenvalue weighted by Gasteiger charge is -2.35. The van der Waals surface area contributed by atoms with Crippen LogP contribution in [0.15, 0.2) is 85.2 Å². The van der Waals surface area contributed by atoms with E-state index in [1.54, 1.807) is 48.0 Å². The van der Waals surface area contributed by atoms with E-state index in [1.165, 1.54) is 0 Å². The highest BCUT2D eigenvalue weighted by atomic mass is 16.6. The van der Waals surface area contributed by atoms with Crippen LogP contribution in [0.3, 0.4) is 0 Å². The minimum absolute atomic E-state index is 0.0959. The maximum absolute atomic E-state index is 14.3. The van der Waals surface area contributed by atoms with Crippen LogP contribution in [0, 0.1) is 11.3 Å². The van der Waals surface area contributed by atoms with Crippen molar-refractivity contribution < 1.29 is 29.0 Å². The topological polar surface area (TPSA) is 170 Å². The molecule has 52 heavy (non-hydrogen) atoms. The third kappa shape index (κ3) is 11.2. The van der Waals surface area contributed by atoms with Gasteiger partial charge in [0.05, 0.1) is 12.1 Å². The summed E-state index contributed by atoms with van der Waals surface area (Å²) in [7, 11) is 0. The number of hydrogen-bond acceptors (Lipinski definition) is 8. The number of nitrogens with zero attached hydrogens (tertiary/aromatic N) is 4. The molecule has 0 saturated carbocycles. The van der Waals surface area contributed by atoms with Crippen LogP contribution >= 0.6 is 0 Å². The van der Waals surface area contributed by atoms with E-state index in [4.69, 9.17) is 10.5 Å². The molecule has 0 radical (unpaired) electrons. The van der Waals surface area contributed by atoms with Crippen molar-refractivity contribution in [2.45, 2.75) is 84.8 Å². The molecular weight excluding hydrogens is 662 g/mol. The molecule has 0 unspecified atom stereocenters. The Hall–Kier alpha value is -5.01. The van der Waals surface area contributed by atoms with Gasteiger partial charge in [0.15, 0.2) is 6.10 Å². The number of amides is 5. The fraction of sp³-hybridized carbons (Fsp3) is 0.462. The number of aliphatic hydroxyl groups excluding tert-OH is 1. The summed E-state index contributed by atoms with van der Waals surface area (Å²) in [5.41, 5.74) is 9.99. The molecule has 13 nitrogen and oxygen atoms in total. The number of aromatic nitrogens is 1. The molecule has 5 atom stereocenters. The van der Waals surface area contributed by atoms with Gasteiger partial charge in [0.1, 0.15) is 6.04 Å². The van der Waals surface area contributed by atoms with Gasteiger partial charge in [0.2, 0.25) is 5.91 Å². The highest BCUT2D eigenvalue weighted by Crippen LogP contribution is 2.24. The zero-order chi connectivity index (χ0) is 37.8. The lowest BCUT2D eigenvalue weighted by atomic mass is 9.88. The van der Waals surface area contributed by atoms with E-state index < -0.39 is 41.7 Å². The summed E-state index contributed by atoms with van der Waals surface area (Å²) in [6, 6.07) is 20.8. The molecule has 5 N–H and O–H groups in total. The van der Waals surface area contributed by atoms with Gasteiger partial charge < -0.3 is 30.7 Å². The molecular formula is C39H53N7O6. The minimum Gasteiger partial charge on any atom is -0.436 e. The Labute approximate surface area is 306 Å². The normalized spacial score (nSPS) is 16.2. The van der Waals surface area contributed by atoms with Crippen LogP contribution in [0.2, 0.25) is 0 Å². The van der Waals surface area contributed by atoms with Crippen molar-refractivity contribution in [3.63, 3.8) is 0 Å². The highest BCUT2D eigenvalue weighted by Gasteiger charge is 2.41. The van der Waals surface area contributed by atoms with Gasteiger partial charge in [-0.3, -0.25) is 20.0 Å². The van der Waals surface area contributed by atoms with Crippen molar-refractivity contribution in [2.24, 2.45) is 17.1 Å². The lowest BCUT2D eigenvalue weighted by Crippen LogP contribution is -2.59. The number of nitrogens with two attached hydrogens (primary N) is 1. The molecule has 1 fully saturated rings. The van der Waals surface area contributed by atoms with Crippen molar-refractivity contribution >= 4 is 23.9 Å². The number of ether oxygens (including phenoxy) is 1. The Morgan fingerprint density at radius 2 is 1.60 bits per heavy atom. The SMILES string of the molecule is CC[C@H](C)[C@@H](C(=O)N[C@@H](Cc1ccccc1)[C@@H](O)CN(Cc1ccccc1)NC(=O)[C@@H](OC(N)=O)C(C)(C)C)N1CCN(Cc2cccnc2)C1=O. The molecule has 1 aliphatic heterocycles. The molecule has 2 aromatic carbocycles. The van der Waals surface area contributed by atoms with E-state index in [0.717, 1.165) is 16.7 Å². The smallest absolute Gasteiger partial charge is 0.405 e. The third-order valence-corrected chi connectivity index (χ3v) is 9.25. The second-order valence-electron chi connectivity index (χ2n) is 14.5. The van der Waals surface area contributed by atoms with E-state index in [-0.39, 0.29) is 37.4 Å². The predicted molar refractivity (Wildman–Crippen MR) is 197 cm³/mol. The molecule has 2 heterocycles. The van der Waals surface area contributed by atoms with E-state index in [2.05, 4.69) is 15.7 Å². The first kappa shape index (κ1) is 39.8. The van der Waals surface area contributed by atoms with Crippen LogP contribution in [0.1, 0.15) is 57.7 Å². The summed E-state index contributed by atoms with van der Waals surface area (Å²) >= 11 is 0. The maximum atomic E-state index is 14.3. The van der Waals surface area contributed by atoms with Gasteiger partial charge in [0, 0.05) is 50.5 Å². The first-order valence-electron chi connectivity index (χ1n) is 17.8. The van der Waals surface area contributed by atoms with E-state index >= 15 is 0 Å². The molecule has 1 saturated heterocycles. The van der Waals surface area contributed by atoms with E-state index in [9.17, 15) is 24.3 Å². The number of hydrazine groups is 1. The van der Waals surface area contributed by atoms with Crippen LogP contribution in [-0.4, -0.2) is 92.8 Å². The number of benzene rings is 2. The second kappa shape index (κ2) is 18.5. The molecule has 4 rings (SSSR count). The zero-order valence-corrected chi connectivity index (χ0v) is 30.8. The van der Waals surface area contributed by atoms with Crippen LogP contribution < -0.4 is 16.5 Å². The molecule has 0 bridgehead atoms. The van der Waals surface area contributed by atoms with E-state index in [1.807, 2.05) is 86.6 Å². The number of carbonyl (C=O) groups excluding carboxylic acids is 4. The van der Waals surface area contributed by atoms with Crippen molar-refractivity contribution in [1.82, 2.24) is 30.5 Å². The molecule has 5 amide bonds. The molecule has 0 aliphatic carbocycles. The number of rotatable bonds is 17. The van der Waals surface area contributed by atoms with Gasteiger partial charge in [-0.05, 0) is 35.1 Å². The number of urea groups is 1. The average Bonchev–Trinajstić information content (AvgIpc) is 3.45. The molecule has 3 aromatic rings. The van der Waals surface area contributed by atoms with Crippen molar-refractivity contribution in [1.29, 1.82) is 0 Å². The van der Waals surface area contributed by atoms with Gasteiger partial charge in [-0.1, -0.05) is 108 Å². The summed E-state index contributed by atoms with van der Waals surface area (Å²) in [6.45, 7) is 10.5. The monoisotopic (exact) mass is 715 g/mol. The summed E-state index contributed by atoms with van der Waals surface area (Å²) in [6.07, 6.45) is 0.853. The third-order valence-electron chi connectivity index (χ3n) is 9.25. The summed E-state index contributed by atoms with van der Waals surface area (Å²) in [5.74, 6) is -1.16. The first-order chi connectivity index (χ1) is 24.8. The number of aliphatic hydroxyl groups is 1. The number of nitrogens with one attached hydrogen (secondary N) is 2. The lowest BCUT2D eigenvalue weighted by molar-refractivity contribution is -0.141. The maximum Gasteiger partial charge on any atom is 0.405 e. The molecule has 1 aromatic heterocycles. The molecule has 1 aliphatic rings. The van der Waals surface area contributed by atoms with Crippen LogP contribution in [0.4, 0.5) is 9.59 Å². The Morgan fingerprint density at radius 1 is 0.962 bits per heavy atom. The molecule has 13 heteroatoms. The summed E-state index contributed by atoms with van der Waals surface area (Å²) < 4.78 is 5.21. The van der Waals surface area contributed by atoms with E-state index in [0.29, 0.717) is 26.1 Å². The summed E-state index contributed by atoms with van der Waals surface area (Å²) in [5, 5.41) is 16.6. The first-order valence-corrected chi connectivity index (χ1v) is 17.8. The Kier molecular flexibility index (Phi) is 14.1. The Morgan fingerprint density at radius 3 is 2.17 bits per heavy atom. The van der Waals surface area contributed by atoms with Gasteiger partial charge in [-0.2, -0.15) is 0 Å². The Balaban J connectivity index is 1.59. The molecule has 280 valence electrons. The highest BCUT2D eigenvalue weighted by molar-refractivity contribution is 5.88. The largest absolute Gasteiger partial charge is 0.436 e. The second-order valence-corrected chi connectivity index (χ2v) is 14.5. The van der Waals surface area contributed by atoms with Crippen molar-refractivity contribution in [3.05, 3.63) is 102 Å². The number of primary amides is 1. The number of hydrogen-bond donors (Lipinski definition) is 4. The van der Waals surface area contributed by atoms with Crippen LogP contribution in [-0.2, 0) is 33.8 Å². The van der Waals surface area contributed by atoms with Gasteiger partial charge in [0.25, 0.3) is 5.91 Å². The summed E-state index contributed by atoms with van der Waals surface area (Å²) in [4.78, 5) is 60.8. The number of pyridine rings is 1. The fourth-order valence-electron chi connectivity index (χ4n) is 6.33. The quantitative estimate of drug-likeness (QED) is 0.153. The van der Waals surface area contributed by atoms with Gasteiger partial charge in [-0.15, -0.1) is 0 Å². The average molecular weight is 716 g/mol. The predicted octanol–water partition coefficient (Wildman–Crippen LogP) is 3.87. The van der Waals surface area contributed by atoms with Gasteiger partial charge >= 0.3 is 12.1 Å². The van der Waals surface area contributed by atoms with Crippen molar-refractivity contribution in [3.8, 4) is 0 Å². The number of carbonyl (C=O) groups is 4. The zero-order valence-electron chi connectivity index (χ0n) is 30.8. The Bertz CT molecular complexity index is 1610. The minimum atomic E-state index is -1.22. The van der Waals surface area contributed by atoms with Gasteiger partial charge in [-0.25, -0.2) is 14.6 Å². The molecule has 0 spiro atoms. The standard InChI is InChI=1S/C39H53N7O6/c1-6-27(2)33(46-21-20-44(38(46)51)24-30-18-13-19-41-23-30)35(48)42-31(22-28-14-9-7-10-15-28)32(47)26-45(25-29-16-11-8-12-17-29)43-36(49)34(39(3,4)5)52-37(40)50/h7-19,23,27,31-34,47H,6,20-22,24-26H2,1-5H3,(H2,40,50)(H,42,48)(H,43,49)/t27-,31-,32-,33-,34+/m0/s1. The van der Waals surface area contributed by atoms with Crippen molar-refractivity contribution in [2.75, 3.05) is 19.6 Å². The fourth-order valence-corrected chi connectivity index (χ4v) is 6.33.